The normalized spacial score (nSPS) is 14.5. The Morgan fingerprint density at radius 2 is 1.95 bits per heavy atom. The second-order valence-corrected chi connectivity index (χ2v) is 6.69. The van der Waals surface area contributed by atoms with E-state index in [2.05, 4.69) is 10.6 Å². The van der Waals surface area contributed by atoms with Crippen LogP contribution in [0.2, 0.25) is 10.0 Å². The van der Waals surface area contributed by atoms with Gasteiger partial charge in [0.05, 0.1) is 22.1 Å². The highest BCUT2D eigenvalue weighted by Gasteiger charge is 2.24. The minimum atomic E-state index is -0.480. The number of carbonyl (C=O) groups excluding carboxylic acids is 1. The van der Waals surface area contributed by atoms with Gasteiger partial charge in [0.1, 0.15) is 0 Å². The van der Waals surface area contributed by atoms with E-state index in [1.807, 2.05) is 19.9 Å². The van der Waals surface area contributed by atoms with Gasteiger partial charge in [0.2, 0.25) is 5.91 Å². The maximum Gasteiger partial charge on any atom is 0.234 e. The molecule has 1 aromatic rings. The zero-order valence-corrected chi connectivity index (χ0v) is 14.5. The van der Waals surface area contributed by atoms with Crippen LogP contribution in [-0.4, -0.2) is 19.0 Å². The van der Waals surface area contributed by atoms with E-state index in [0.29, 0.717) is 16.6 Å². The van der Waals surface area contributed by atoms with E-state index in [0.717, 1.165) is 18.0 Å². The van der Waals surface area contributed by atoms with Crippen LogP contribution in [0.4, 0.5) is 0 Å². The zero-order chi connectivity index (χ0) is 14.8. The zero-order valence-electron chi connectivity index (χ0n) is 12.2. The molecule has 1 fully saturated rings. The summed E-state index contributed by atoms with van der Waals surface area (Å²) in [5.74, 6) is 0.757. The summed E-state index contributed by atoms with van der Waals surface area (Å²) in [4.78, 5) is 12.0. The van der Waals surface area contributed by atoms with Gasteiger partial charge in [-0.2, -0.15) is 0 Å². The van der Waals surface area contributed by atoms with Gasteiger partial charge in [0.25, 0.3) is 0 Å². The van der Waals surface area contributed by atoms with Crippen molar-refractivity contribution < 1.29 is 4.79 Å². The van der Waals surface area contributed by atoms with Crippen molar-refractivity contribution in [1.29, 1.82) is 0 Å². The van der Waals surface area contributed by atoms with Crippen molar-refractivity contribution in [3.05, 3.63) is 33.8 Å². The number of amides is 1. The Kier molecular flexibility index (Phi) is 6.79. The SMILES string of the molecule is CC(C)(NC(=O)CNCC1CC1)c1ccc(Cl)c(Cl)c1.Cl. The third-order valence-electron chi connectivity index (χ3n) is 3.51. The molecule has 0 radical (unpaired) electrons. The molecule has 0 spiro atoms. The number of hydrogen-bond acceptors (Lipinski definition) is 2. The van der Waals surface area contributed by atoms with Crippen molar-refractivity contribution in [1.82, 2.24) is 10.6 Å². The van der Waals surface area contributed by atoms with Gasteiger partial charge in [0, 0.05) is 0 Å². The fourth-order valence-electron chi connectivity index (χ4n) is 2.06. The van der Waals surface area contributed by atoms with Crippen LogP contribution in [0.1, 0.15) is 32.3 Å². The monoisotopic (exact) mass is 350 g/mol. The minimum Gasteiger partial charge on any atom is -0.346 e. The molecule has 1 amide bonds. The molecule has 0 bridgehead atoms. The second kappa shape index (κ2) is 7.68. The van der Waals surface area contributed by atoms with Gasteiger partial charge in [-0.25, -0.2) is 0 Å². The van der Waals surface area contributed by atoms with E-state index >= 15 is 0 Å². The second-order valence-electron chi connectivity index (χ2n) is 5.88. The van der Waals surface area contributed by atoms with Crippen LogP contribution in [0.3, 0.4) is 0 Å². The third-order valence-corrected chi connectivity index (χ3v) is 4.25. The van der Waals surface area contributed by atoms with Crippen LogP contribution >= 0.6 is 35.6 Å². The predicted octanol–water partition coefficient (Wildman–Crippen LogP) is 3.77. The Labute approximate surface area is 142 Å². The maximum atomic E-state index is 12.0. The molecule has 1 aromatic carbocycles. The van der Waals surface area contributed by atoms with E-state index in [-0.39, 0.29) is 18.3 Å². The molecule has 0 unspecified atom stereocenters. The van der Waals surface area contributed by atoms with E-state index in [9.17, 15) is 4.79 Å². The lowest BCUT2D eigenvalue weighted by molar-refractivity contribution is -0.121. The molecule has 0 aliphatic heterocycles. The number of halogens is 3. The number of hydrogen-bond donors (Lipinski definition) is 2. The van der Waals surface area contributed by atoms with Crippen molar-refractivity contribution >= 4 is 41.5 Å². The van der Waals surface area contributed by atoms with Crippen LogP contribution in [-0.2, 0) is 10.3 Å². The average molecular weight is 352 g/mol. The average Bonchev–Trinajstić information content (AvgIpc) is 3.16. The highest BCUT2D eigenvalue weighted by Crippen LogP contribution is 2.28. The first-order valence-electron chi connectivity index (χ1n) is 6.86. The molecule has 0 aromatic heterocycles. The quantitative estimate of drug-likeness (QED) is 0.819. The van der Waals surface area contributed by atoms with Gasteiger partial charge in [-0.3, -0.25) is 4.79 Å². The molecule has 2 N–H and O–H groups in total. The van der Waals surface area contributed by atoms with E-state index in [4.69, 9.17) is 23.2 Å². The Morgan fingerprint density at radius 1 is 1.29 bits per heavy atom. The van der Waals surface area contributed by atoms with E-state index in [1.54, 1.807) is 12.1 Å². The van der Waals surface area contributed by atoms with E-state index < -0.39 is 5.54 Å². The van der Waals surface area contributed by atoms with Gasteiger partial charge < -0.3 is 10.6 Å². The van der Waals surface area contributed by atoms with Crippen molar-refractivity contribution in [2.24, 2.45) is 5.92 Å². The predicted molar refractivity (Wildman–Crippen MR) is 90.5 cm³/mol. The molecule has 1 aliphatic rings. The Morgan fingerprint density at radius 3 is 2.52 bits per heavy atom. The Bertz CT molecular complexity index is 502. The molecule has 0 saturated heterocycles. The first-order chi connectivity index (χ1) is 9.38. The Balaban J connectivity index is 0.00000220. The lowest BCUT2D eigenvalue weighted by Crippen LogP contribution is -2.45. The molecule has 118 valence electrons. The molecule has 1 aliphatic carbocycles. The first kappa shape index (κ1) is 18.6. The molecular formula is C15H21Cl3N2O. The number of rotatable bonds is 6. The van der Waals surface area contributed by atoms with Crippen molar-refractivity contribution in [3.8, 4) is 0 Å². The maximum absolute atomic E-state index is 12.0. The number of benzene rings is 1. The number of nitrogens with one attached hydrogen (secondary N) is 2. The van der Waals surface area contributed by atoms with Crippen LogP contribution in [0.5, 0.6) is 0 Å². The summed E-state index contributed by atoms with van der Waals surface area (Å²) in [6, 6.07) is 5.42. The summed E-state index contributed by atoms with van der Waals surface area (Å²) in [7, 11) is 0. The van der Waals surface area contributed by atoms with Crippen LogP contribution in [0.15, 0.2) is 18.2 Å². The third kappa shape index (κ3) is 5.67. The summed E-state index contributed by atoms with van der Waals surface area (Å²) < 4.78 is 0. The molecule has 2 rings (SSSR count). The molecule has 0 atom stereocenters. The lowest BCUT2D eigenvalue weighted by Gasteiger charge is -2.27. The molecule has 6 heteroatoms. The fourth-order valence-corrected chi connectivity index (χ4v) is 2.36. The minimum absolute atomic E-state index is 0. The van der Waals surface area contributed by atoms with Gasteiger partial charge in [-0.1, -0.05) is 29.3 Å². The standard InChI is InChI=1S/C15H20Cl2N2O.ClH/c1-15(2,11-5-6-12(16)13(17)7-11)19-14(20)9-18-8-10-3-4-10;/h5-7,10,18H,3-4,8-9H2,1-2H3,(H,19,20);1H. The molecular weight excluding hydrogens is 331 g/mol. The van der Waals surface area contributed by atoms with Gasteiger partial charge >= 0.3 is 0 Å². The van der Waals surface area contributed by atoms with Crippen molar-refractivity contribution in [3.63, 3.8) is 0 Å². The lowest BCUT2D eigenvalue weighted by atomic mass is 9.94. The summed E-state index contributed by atoms with van der Waals surface area (Å²) in [5, 5.41) is 7.21. The molecule has 1 saturated carbocycles. The Hall–Kier alpha value is -0.480. The summed E-state index contributed by atoms with van der Waals surface area (Å²) in [5.41, 5.74) is 0.453. The first-order valence-corrected chi connectivity index (χ1v) is 7.61. The van der Waals surface area contributed by atoms with Gasteiger partial charge in [-0.15, -0.1) is 12.4 Å². The smallest absolute Gasteiger partial charge is 0.234 e. The summed E-state index contributed by atoms with van der Waals surface area (Å²) in [6.45, 7) is 5.18. The molecule has 21 heavy (non-hydrogen) atoms. The topological polar surface area (TPSA) is 41.1 Å². The van der Waals surface area contributed by atoms with E-state index in [1.165, 1.54) is 12.8 Å². The highest BCUT2D eigenvalue weighted by atomic mass is 35.5. The van der Waals surface area contributed by atoms with Crippen LogP contribution < -0.4 is 10.6 Å². The fraction of sp³-hybridized carbons (Fsp3) is 0.533. The van der Waals surface area contributed by atoms with Gasteiger partial charge in [0.15, 0.2) is 0 Å². The van der Waals surface area contributed by atoms with Crippen molar-refractivity contribution in [2.45, 2.75) is 32.2 Å². The van der Waals surface area contributed by atoms with Crippen LogP contribution in [0.25, 0.3) is 0 Å². The van der Waals surface area contributed by atoms with Crippen molar-refractivity contribution in [2.75, 3.05) is 13.1 Å². The summed E-state index contributed by atoms with van der Waals surface area (Å²) in [6.07, 6.45) is 2.56. The molecule has 0 heterocycles. The number of carbonyl (C=O) groups is 1. The van der Waals surface area contributed by atoms with Crippen LogP contribution in [0, 0.1) is 5.92 Å². The summed E-state index contributed by atoms with van der Waals surface area (Å²) >= 11 is 11.9. The highest BCUT2D eigenvalue weighted by molar-refractivity contribution is 6.42. The molecule has 3 nitrogen and oxygen atoms in total. The van der Waals surface area contributed by atoms with Gasteiger partial charge in [-0.05, 0) is 56.8 Å². The largest absolute Gasteiger partial charge is 0.346 e.